The van der Waals surface area contributed by atoms with Gasteiger partial charge in [0, 0.05) is 19.8 Å². The molecule has 1 aromatic carbocycles. The molecule has 1 heterocycles. The van der Waals surface area contributed by atoms with Crippen molar-refractivity contribution in [3.8, 4) is 0 Å². The van der Waals surface area contributed by atoms with Gasteiger partial charge < -0.3 is 15.7 Å². The SMILES string of the molecule is Cn1cc(NC(=O)NCC(O)c2ccc(Cl)c(F)c2)cn1. The molecule has 0 aliphatic heterocycles. The average Bonchev–Trinajstić information content (AvgIpc) is 2.84. The number of aryl methyl sites for hydroxylation is 1. The molecule has 2 aromatic rings. The Kier molecular flexibility index (Phi) is 4.77. The summed E-state index contributed by atoms with van der Waals surface area (Å²) in [6.07, 6.45) is 2.09. The molecule has 0 radical (unpaired) electrons. The van der Waals surface area contributed by atoms with E-state index >= 15 is 0 Å². The number of benzene rings is 1. The van der Waals surface area contributed by atoms with Gasteiger partial charge in [0.1, 0.15) is 5.82 Å². The number of aromatic nitrogens is 2. The fraction of sp³-hybridized carbons (Fsp3) is 0.231. The van der Waals surface area contributed by atoms with E-state index in [9.17, 15) is 14.3 Å². The first-order chi connectivity index (χ1) is 9.95. The maximum atomic E-state index is 13.3. The van der Waals surface area contributed by atoms with Gasteiger partial charge in [0.2, 0.25) is 0 Å². The number of aliphatic hydroxyl groups excluding tert-OH is 1. The second-order valence-electron chi connectivity index (χ2n) is 4.43. The van der Waals surface area contributed by atoms with Crippen molar-refractivity contribution in [3.63, 3.8) is 0 Å². The van der Waals surface area contributed by atoms with Crippen molar-refractivity contribution in [2.24, 2.45) is 7.05 Å². The number of aliphatic hydroxyl groups is 1. The summed E-state index contributed by atoms with van der Waals surface area (Å²) in [4.78, 5) is 11.6. The first-order valence-electron chi connectivity index (χ1n) is 6.12. The lowest BCUT2D eigenvalue weighted by atomic mass is 10.1. The van der Waals surface area contributed by atoms with Gasteiger partial charge in [-0.2, -0.15) is 5.10 Å². The van der Waals surface area contributed by atoms with Gasteiger partial charge in [0.15, 0.2) is 0 Å². The molecule has 0 aliphatic carbocycles. The van der Waals surface area contributed by atoms with Crippen LogP contribution in [-0.4, -0.2) is 27.5 Å². The van der Waals surface area contributed by atoms with Gasteiger partial charge in [-0.25, -0.2) is 9.18 Å². The minimum absolute atomic E-state index is 0.0202. The van der Waals surface area contributed by atoms with Crippen molar-refractivity contribution in [2.75, 3.05) is 11.9 Å². The Bertz CT molecular complexity index is 647. The van der Waals surface area contributed by atoms with Crippen LogP contribution < -0.4 is 10.6 Å². The first-order valence-corrected chi connectivity index (χ1v) is 6.50. The largest absolute Gasteiger partial charge is 0.387 e. The monoisotopic (exact) mass is 312 g/mol. The van der Waals surface area contributed by atoms with E-state index in [-0.39, 0.29) is 11.6 Å². The molecule has 2 amide bonds. The molecule has 0 fully saturated rings. The first kappa shape index (κ1) is 15.3. The highest BCUT2D eigenvalue weighted by molar-refractivity contribution is 6.30. The van der Waals surface area contributed by atoms with E-state index in [4.69, 9.17) is 11.6 Å². The molecule has 2 rings (SSSR count). The molecule has 0 saturated carbocycles. The Labute approximate surface area is 125 Å². The van der Waals surface area contributed by atoms with Crippen LogP contribution in [-0.2, 0) is 7.05 Å². The third-order valence-electron chi connectivity index (χ3n) is 2.75. The maximum Gasteiger partial charge on any atom is 0.319 e. The minimum atomic E-state index is -1.03. The molecule has 8 heteroatoms. The summed E-state index contributed by atoms with van der Waals surface area (Å²) in [7, 11) is 1.72. The molecule has 112 valence electrons. The van der Waals surface area contributed by atoms with Gasteiger partial charge in [-0.15, -0.1) is 0 Å². The van der Waals surface area contributed by atoms with E-state index in [1.54, 1.807) is 17.9 Å². The predicted molar refractivity (Wildman–Crippen MR) is 76.6 cm³/mol. The highest BCUT2D eigenvalue weighted by Crippen LogP contribution is 2.19. The molecule has 0 aliphatic rings. The number of urea groups is 1. The molecule has 1 unspecified atom stereocenters. The highest BCUT2D eigenvalue weighted by Gasteiger charge is 2.12. The fourth-order valence-corrected chi connectivity index (χ4v) is 1.81. The van der Waals surface area contributed by atoms with E-state index in [1.807, 2.05) is 0 Å². The molecule has 0 bridgehead atoms. The normalized spacial score (nSPS) is 12.0. The lowest BCUT2D eigenvalue weighted by molar-refractivity contribution is 0.174. The molecular formula is C13H14ClFN4O2. The van der Waals surface area contributed by atoms with Gasteiger partial charge in [-0.3, -0.25) is 4.68 Å². The van der Waals surface area contributed by atoms with Gasteiger partial charge in [-0.05, 0) is 17.7 Å². The third-order valence-corrected chi connectivity index (χ3v) is 3.05. The minimum Gasteiger partial charge on any atom is -0.387 e. The zero-order valence-corrected chi connectivity index (χ0v) is 11.9. The van der Waals surface area contributed by atoms with E-state index in [0.717, 1.165) is 6.07 Å². The zero-order valence-electron chi connectivity index (χ0n) is 11.2. The molecule has 3 N–H and O–H groups in total. The molecule has 0 saturated heterocycles. The Balaban J connectivity index is 1.86. The van der Waals surface area contributed by atoms with Gasteiger partial charge in [-0.1, -0.05) is 17.7 Å². The lowest BCUT2D eigenvalue weighted by Crippen LogP contribution is -2.32. The summed E-state index contributed by atoms with van der Waals surface area (Å²) in [6, 6.07) is 3.49. The molecule has 6 nitrogen and oxygen atoms in total. The quantitative estimate of drug-likeness (QED) is 0.808. The Morgan fingerprint density at radius 2 is 2.33 bits per heavy atom. The van der Waals surface area contributed by atoms with Crippen molar-refractivity contribution in [1.29, 1.82) is 0 Å². The second kappa shape index (κ2) is 6.55. The second-order valence-corrected chi connectivity index (χ2v) is 4.83. The van der Waals surface area contributed by atoms with Crippen molar-refractivity contribution in [2.45, 2.75) is 6.10 Å². The number of anilines is 1. The number of amides is 2. The highest BCUT2D eigenvalue weighted by atomic mass is 35.5. The van der Waals surface area contributed by atoms with Crippen molar-refractivity contribution >= 4 is 23.3 Å². The molecule has 1 aromatic heterocycles. The van der Waals surface area contributed by atoms with Crippen molar-refractivity contribution in [1.82, 2.24) is 15.1 Å². The number of carbonyl (C=O) groups is 1. The van der Waals surface area contributed by atoms with Crippen LogP contribution in [0.3, 0.4) is 0 Å². The number of hydrogen-bond donors (Lipinski definition) is 3. The topological polar surface area (TPSA) is 79.2 Å². The number of nitrogens with zero attached hydrogens (tertiary/aromatic N) is 2. The van der Waals surface area contributed by atoms with Crippen LogP contribution in [0.2, 0.25) is 5.02 Å². The van der Waals surface area contributed by atoms with Crippen molar-refractivity contribution < 1.29 is 14.3 Å². The number of carbonyl (C=O) groups excluding carboxylic acids is 1. The third kappa shape index (κ3) is 4.17. The molecule has 1 atom stereocenters. The Morgan fingerprint density at radius 3 is 2.95 bits per heavy atom. The summed E-state index contributed by atoms with van der Waals surface area (Å²) in [5.41, 5.74) is 0.862. The number of rotatable bonds is 4. The molecule has 21 heavy (non-hydrogen) atoms. The summed E-state index contributed by atoms with van der Waals surface area (Å²) in [5, 5.41) is 18.8. The molecular weight excluding hydrogens is 299 g/mol. The summed E-state index contributed by atoms with van der Waals surface area (Å²) < 4.78 is 14.8. The summed E-state index contributed by atoms with van der Waals surface area (Å²) in [6.45, 7) is -0.0623. The van der Waals surface area contributed by atoms with E-state index in [0.29, 0.717) is 11.3 Å². The van der Waals surface area contributed by atoms with Crippen LogP contribution >= 0.6 is 11.6 Å². The van der Waals surface area contributed by atoms with Gasteiger partial charge >= 0.3 is 6.03 Å². The van der Waals surface area contributed by atoms with Crippen LogP contribution in [0, 0.1) is 5.82 Å². The van der Waals surface area contributed by atoms with E-state index in [2.05, 4.69) is 15.7 Å². The number of hydrogen-bond acceptors (Lipinski definition) is 3. The van der Waals surface area contributed by atoms with Crippen LogP contribution in [0.25, 0.3) is 0 Å². The zero-order chi connectivity index (χ0) is 15.4. The number of nitrogens with one attached hydrogen (secondary N) is 2. The van der Waals surface area contributed by atoms with Crippen LogP contribution in [0.4, 0.5) is 14.9 Å². The Hall–Kier alpha value is -2.12. The van der Waals surface area contributed by atoms with Crippen LogP contribution in [0.1, 0.15) is 11.7 Å². The predicted octanol–water partition coefficient (Wildman–Crippen LogP) is 2.07. The van der Waals surface area contributed by atoms with E-state index < -0.39 is 18.0 Å². The van der Waals surface area contributed by atoms with Crippen molar-refractivity contribution in [3.05, 3.63) is 47.0 Å². The lowest BCUT2D eigenvalue weighted by Gasteiger charge is -2.13. The van der Waals surface area contributed by atoms with E-state index in [1.165, 1.54) is 18.3 Å². The number of halogens is 2. The summed E-state index contributed by atoms with van der Waals surface area (Å²) >= 11 is 5.56. The Morgan fingerprint density at radius 1 is 1.57 bits per heavy atom. The van der Waals surface area contributed by atoms with Crippen LogP contribution in [0.15, 0.2) is 30.6 Å². The smallest absolute Gasteiger partial charge is 0.319 e. The fourth-order valence-electron chi connectivity index (χ4n) is 1.69. The summed E-state index contributed by atoms with van der Waals surface area (Å²) in [5.74, 6) is -0.618. The van der Waals surface area contributed by atoms with Gasteiger partial charge in [0.25, 0.3) is 0 Å². The van der Waals surface area contributed by atoms with Crippen LogP contribution in [0.5, 0.6) is 0 Å². The average molecular weight is 313 g/mol. The molecule has 0 spiro atoms. The van der Waals surface area contributed by atoms with Gasteiger partial charge in [0.05, 0.1) is 23.0 Å². The standard InChI is InChI=1S/C13H14ClFN4O2/c1-19-7-9(5-17-19)18-13(21)16-6-12(20)8-2-3-10(14)11(15)4-8/h2-5,7,12,20H,6H2,1H3,(H2,16,18,21). The maximum absolute atomic E-state index is 13.3.